The summed E-state index contributed by atoms with van der Waals surface area (Å²) in [6, 6.07) is 14.0. The zero-order valence-electron chi connectivity index (χ0n) is 17.3. The molecule has 1 aliphatic rings. The number of amides is 3. The standard InChI is InChI=1S/C23H25N3O5/c1-2-16-6-3-4-7-19(16)25-20(27)15-31-22(29)14-24-23(30)17-9-11-18(12-10-17)26-13-5-8-21(26)28/h3-4,6-7,9-12H,2,5,8,13-15H2,1H3,(H,24,30)(H,25,27). The van der Waals surface area contributed by atoms with E-state index in [1.54, 1.807) is 35.2 Å². The van der Waals surface area contributed by atoms with Gasteiger partial charge in [0.1, 0.15) is 6.54 Å². The van der Waals surface area contributed by atoms with Crippen molar-refractivity contribution < 1.29 is 23.9 Å². The summed E-state index contributed by atoms with van der Waals surface area (Å²) in [5, 5.41) is 5.17. The lowest BCUT2D eigenvalue weighted by Crippen LogP contribution is -2.32. The zero-order valence-corrected chi connectivity index (χ0v) is 17.3. The molecule has 2 aromatic carbocycles. The average molecular weight is 423 g/mol. The highest BCUT2D eigenvalue weighted by atomic mass is 16.5. The normalized spacial score (nSPS) is 13.1. The Hall–Kier alpha value is -3.68. The fourth-order valence-corrected chi connectivity index (χ4v) is 3.30. The molecule has 8 nitrogen and oxygen atoms in total. The molecule has 2 N–H and O–H groups in total. The summed E-state index contributed by atoms with van der Waals surface area (Å²) < 4.78 is 4.92. The third-order valence-corrected chi connectivity index (χ3v) is 4.94. The fourth-order valence-electron chi connectivity index (χ4n) is 3.30. The number of hydrogen-bond donors (Lipinski definition) is 2. The number of anilines is 2. The van der Waals surface area contributed by atoms with Gasteiger partial charge in [0.25, 0.3) is 11.8 Å². The summed E-state index contributed by atoms with van der Waals surface area (Å²) >= 11 is 0. The predicted octanol–water partition coefficient (Wildman–Crippen LogP) is 2.29. The first-order valence-corrected chi connectivity index (χ1v) is 10.2. The molecule has 0 bridgehead atoms. The van der Waals surface area contributed by atoms with E-state index in [0.29, 0.717) is 24.2 Å². The Morgan fingerprint density at radius 3 is 2.48 bits per heavy atom. The lowest BCUT2D eigenvalue weighted by Gasteiger charge is -2.15. The molecule has 1 heterocycles. The van der Waals surface area contributed by atoms with Gasteiger partial charge in [-0.2, -0.15) is 0 Å². The number of benzene rings is 2. The molecule has 0 atom stereocenters. The largest absolute Gasteiger partial charge is 0.454 e. The molecule has 1 aliphatic heterocycles. The number of rotatable bonds is 8. The minimum Gasteiger partial charge on any atom is -0.454 e. The molecular weight excluding hydrogens is 398 g/mol. The molecule has 0 aliphatic carbocycles. The van der Waals surface area contributed by atoms with Crippen molar-refractivity contribution in [2.24, 2.45) is 0 Å². The summed E-state index contributed by atoms with van der Waals surface area (Å²) in [5.74, 6) is -1.54. The van der Waals surface area contributed by atoms with Gasteiger partial charge >= 0.3 is 5.97 Å². The van der Waals surface area contributed by atoms with Gasteiger partial charge < -0.3 is 20.3 Å². The van der Waals surface area contributed by atoms with Crippen molar-refractivity contribution in [1.82, 2.24) is 5.32 Å². The number of para-hydroxylation sites is 1. The van der Waals surface area contributed by atoms with E-state index in [4.69, 9.17) is 4.74 Å². The number of nitrogens with zero attached hydrogens (tertiary/aromatic N) is 1. The maximum atomic E-state index is 12.2. The van der Waals surface area contributed by atoms with Crippen molar-refractivity contribution in [3.8, 4) is 0 Å². The van der Waals surface area contributed by atoms with Crippen LogP contribution in [-0.2, 0) is 25.5 Å². The summed E-state index contributed by atoms with van der Waals surface area (Å²) in [4.78, 5) is 49.5. The van der Waals surface area contributed by atoms with Gasteiger partial charge in [-0.3, -0.25) is 19.2 Å². The maximum absolute atomic E-state index is 12.2. The molecular formula is C23H25N3O5. The number of carbonyl (C=O) groups excluding carboxylic acids is 4. The fraction of sp³-hybridized carbons (Fsp3) is 0.304. The lowest BCUT2D eigenvalue weighted by molar-refractivity contribution is -0.146. The van der Waals surface area contributed by atoms with Gasteiger partial charge in [-0.15, -0.1) is 0 Å². The predicted molar refractivity (Wildman–Crippen MR) is 116 cm³/mol. The second-order valence-electron chi connectivity index (χ2n) is 7.10. The second kappa shape index (κ2) is 10.4. The quantitative estimate of drug-likeness (QED) is 0.634. The Morgan fingerprint density at radius 1 is 1.06 bits per heavy atom. The summed E-state index contributed by atoms with van der Waals surface area (Å²) in [6.45, 7) is 1.86. The van der Waals surface area contributed by atoms with E-state index >= 15 is 0 Å². The molecule has 0 radical (unpaired) electrons. The lowest BCUT2D eigenvalue weighted by atomic mass is 10.1. The van der Waals surface area contributed by atoms with Gasteiger partial charge in [0.15, 0.2) is 6.61 Å². The third kappa shape index (κ3) is 5.91. The van der Waals surface area contributed by atoms with E-state index in [2.05, 4.69) is 10.6 Å². The van der Waals surface area contributed by atoms with E-state index in [1.165, 1.54) is 0 Å². The van der Waals surface area contributed by atoms with Gasteiger partial charge in [-0.1, -0.05) is 25.1 Å². The first-order valence-electron chi connectivity index (χ1n) is 10.2. The van der Waals surface area contributed by atoms with E-state index in [1.807, 2.05) is 25.1 Å². The van der Waals surface area contributed by atoms with Crippen LogP contribution >= 0.6 is 0 Å². The van der Waals surface area contributed by atoms with Gasteiger partial charge in [0.05, 0.1) is 0 Å². The van der Waals surface area contributed by atoms with Crippen LogP contribution in [0.3, 0.4) is 0 Å². The number of nitrogens with one attached hydrogen (secondary N) is 2. The molecule has 0 saturated carbocycles. The van der Waals surface area contributed by atoms with Crippen LogP contribution in [0.15, 0.2) is 48.5 Å². The zero-order chi connectivity index (χ0) is 22.2. The molecule has 8 heteroatoms. The Labute approximate surface area is 180 Å². The Balaban J connectivity index is 1.42. The monoisotopic (exact) mass is 423 g/mol. The van der Waals surface area contributed by atoms with Gasteiger partial charge in [-0.05, 0) is 48.7 Å². The molecule has 162 valence electrons. The highest BCUT2D eigenvalue weighted by Gasteiger charge is 2.21. The SMILES string of the molecule is CCc1ccccc1NC(=O)COC(=O)CNC(=O)c1ccc(N2CCCC2=O)cc1. The molecule has 0 unspecified atom stereocenters. The van der Waals surface area contributed by atoms with Crippen molar-refractivity contribution in [1.29, 1.82) is 0 Å². The Morgan fingerprint density at radius 2 is 1.81 bits per heavy atom. The van der Waals surface area contributed by atoms with Gasteiger partial charge in [0, 0.05) is 29.9 Å². The van der Waals surface area contributed by atoms with E-state index in [9.17, 15) is 19.2 Å². The summed E-state index contributed by atoms with van der Waals surface area (Å²) in [6.07, 6.45) is 2.12. The number of aryl methyl sites for hydroxylation is 1. The molecule has 0 spiro atoms. The van der Waals surface area contributed by atoms with Crippen LogP contribution in [0.1, 0.15) is 35.7 Å². The van der Waals surface area contributed by atoms with Crippen LogP contribution in [0.25, 0.3) is 0 Å². The van der Waals surface area contributed by atoms with Crippen molar-refractivity contribution in [3.05, 3.63) is 59.7 Å². The third-order valence-electron chi connectivity index (χ3n) is 4.94. The van der Waals surface area contributed by atoms with Crippen LogP contribution in [0.5, 0.6) is 0 Å². The van der Waals surface area contributed by atoms with Crippen LogP contribution in [-0.4, -0.2) is 43.4 Å². The van der Waals surface area contributed by atoms with Crippen LogP contribution in [0.2, 0.25) is 0 Å². The van der Waals surface area contributed by atoms with Gasteiger partial charge in [0.2, 0.25) is 5.91 Å². The number of esters is 1. The van der Waals surface area contributed by atoms with Crippen molar-refractivity contribution in [2.45, 2.75) is 26.2 Å². The summed E-state index contributed by atoms with van der Waals surface area (Å²) in [7, 11) is 0. The number of hydrogen-bond acceptors (Lipinski definition) is 5. The summed E-state index contributed by atoms with van der Waals surface area (Å²) in [5.41, 5.74) is 2.76. The average Bonchev–Trinajstić information content (AvgIpc) is 3.22. The highest BCUT2D eigenvalue weighted by Crippen LogP contribution is 2.21. The second-order valence-corrected chi connectivity index (χ2v) is 7.10. The van der Waals surface area contributed by atoms with Crippen LogP contribution < -0.4 is 15.5 Å². The molecule has 1 saturated heterocycles. The van der Waals surface area contributed by atoms with Crippen LogP contribution in [0.4, 0.5) is 11.4 Å². The molecule has 3 amide bonds. The molecule has 2 aromatic rings. The minimum atomic E-state index is -0.716. The molecule has 3 rings (SSSR count). The minimum absolute atomic E-state index is 0.0715. The van der Waals surface area contributed by atoms with Gasteiger partial charge in [-0.25, -0.2) is 0 Å². The smallest absolute Gasteiger partial charge is 0.325 e. The van der Waals surface area contributed by atoms with Crippen molar-refractivity contribution in [2.75, 3.05) is 29.9 Å². The van der Waals surface area contributed by atoms with Crippen molar-refractivity contribution >= 4 is 35.1 Å². The molecule has 1 fully saturated rings. The van der Waals surface area contributed by atoms with Crippen LogP contribution in [0, 0.1) is 0 Å². The molecule has 31 heavy (non-hydrogen) atoms. The topological polar surface area (TPSA) is 105 Å². The first kappa shape index (κ1) is 22.0. The number of ether oxygens (including phenoxy) is 1. The van der Waals surface area contributed by atoms with E-state index < -0.39 is 24.4 Å². The van der Waals surface area contributed by atoms with Crippen molar-refractivity contribution in [3.63, 3.8) is 0 Å². The molecule has 0 aromatic heterocycles. The van der Waals surface area contributed by atoms with E-state index in [-0.39, 0.29) is 12.5 Å². The van der Waals surface area contributed by atoms with E-state index in [0.717, 1.165) is 24.1 Å². The number of carbonyl (C=O) groups is 4. The Kier molecular flexibility index (Phi) is 7.37. The Bertz CT molecular complexity index is 971. The first-order chi connectivity index (χ1) is 15.0. The highest BCUT2D eigenvalue weighted by molar-refractivity contribution is 5.98. The maximum Gasteiger partial charge on any atom is 0.325 e.